The third kappa shape index (κ3) is 4.40. The Bertz CT molecular complexity index is 701. The van der Waals surface area contributed by atoms with Crippen LogP contribution in [0.25, 0.3) is 0 Å². The molecule has 0 aliphatic rings. The summed E-state index contributed by atoms with van der Waals surface area (Å²) in [4.78, 5) is 13.9. The molecule has 0 unspecified atom stereocenters. The topological polar surface area (TPSA) is 98.9 Å². The first-order valence-corrected chi connectivity index (χ1v) is 6.84. The molecule has 2 rings (SSSR count). The summed E-state index contributed by atoms with van der Waals surface area (Å²) in [6.45, 7) is 2.45. The van der Waals surface area contributed by atoms with Gasteiger partial charge in [0.05, 0.1) is 24.9 Å². The van der Waals surface area contributed by atoms with Crippen LogP contribution in [-0.4, -0.2) is 29.8 Å². The first-order chi connectivity index (χ1) is 11.1. The van der Waals surface area contributed by atoms with Gasteiger partial charge in [0.2, 0.25) is 0 Å². The molecule has 0 saturated carbocycles. The fraction of sp³-hybridized carbons (Fsp3) is 0.200. The third-order valence-electron chi connectivity index (χ3n) is 2.84. The number of hydrogen-bond acceptors (Lipinski definition) is 7. The lowest BCUT2D eigenvalue weighted by molar-refractivity contribution is -0.385. The van der Waals surface area contributed by atoms with E-state index in [0.29, 0.717) is 23.9 Å². The molecule has 1 aromatic carbocycles. The molecule has 8 nitrogen and oxygen atoms in total. The molecule has 0 saturated heterocycles. The van der Waals surface area contributed by atoms with Gasteiger partial charge in [-0.1, -0.05) is 0 Å². The predicted octanol–water partition coefficient (Wildman–Crippen LogP) is 2.84. The van der Waals surface area contributed by atoms with E-state index in [1.54, 1.807) is 25.5 Å². The third-order valence-corrected chi connectivity index (χ3v) is 2.84. The highest BCUT2D eigenvalue weighted by molar-refractivity contribution is 5.81. The van der Waals surface area contributed by atoms with Gasteiger partial charge in [0, 0.05) is 6.07 Å². The molecule has 0 aliphatic carbocycles. The Balaban J connectivity index is 2.03. The molecule has 0 aliphatic heterocycles. The summed E-state index contributed by atoms with van der Waals surface area (Å²) < 4.78 is 10.7. The van der Waals surface area contributed by atoms with Gasteiger partial charge in [-0.25, -0.2) is 4.98 Å². The summed E-state index contributed by atoms with van der Waals surface area (Å²) in [7, 11) is 1.57. The van der Waals surface area contributed by atoms with Crippen LogP contribution in [-0.2, 0) is 0 Å². The summed E-state index contributed by atoms with van der Waals surface area (Å²) in [5.41, 5.74) is 3.43. The van der Waals surface area contributed by atoms with Crippen LogP contribution in [0.4, 0.5) is 11.5 Å². The minimum absolute atomic E-state index is 0.0734. The number of methoxy groups -OCH3 is 1. The van der Waals surface area contributed by atoms with Crippen molar-refractivity contribution < 1.29 is 14.4 Å². The Labute approximate surface area is 132 Å². The molecule has 8 heteroatoms. The second-order valence-electron chi connectivity index (χ2n) is 4.37. The van der Waals surface area contributed by atoms with E-state index in [-0.39, 0.29) is 5.69 Å². The second kappa shape index (κ2) is 7.74. The van der Waals surface area contributed by atoms with Gasteiger partial charge < -0.3 is 9.47 Å². The summed E-state index contributed by atoms with van der Waals surface area (Å²) >= 11 is 0. The first-order valence-electron chi connectivity index (χ1n) is 6.84. The molecular weight excluding hydrogens is 300 g/mol. The zero-order chi connectivity index (χ0) is 16.7. The number of ether oxygens (including phenoxy) is 2. The van der Waals surface area contributed by atoms with E-state index in [1.807, 2.05) is 13.0 Å². The molecule has 1 aromatic heterocycles. The van der Waals surface area contributed by atoms with E-state index in [1.165, 1.54) is 12.1 Å². The lowest BCUT2D eigenvalue weighted by Crippen LogP contribution is -1.97. The second-order valence-corrected chi connectivity index (χ2v) is 4.37. The predicted molar refractivity (Wildman–Crippen MR) is 86.3 cm³/mol. The minimum atomic E-state index is -0.508. The van der Waals surface area contributed by atoms with E-state index in [4.69, 9.17) is 9.47 Å². The van der Waals surface area contributed by atoms with Crippen LogP contribution in [0.5, 0.6) is 11.5 Å². The molecule has 0 amide bonds. The Hall–Kier alpha value is -3.16. The van der Waals surface area contributed by atoms with Gasteiger partial charge in [-0.3, -0.25) is 15.5 Å². The van der Waals surface area contributed by atoms with Crippen molar-refractivity contribution in [3.05, 3.63) is 52.2 Å². The highest BCUT2D eigenvalue weighted by Gasteiger charge is 2.05. The number of anilines is 1. The summed E-state index contributed by atoms with van der Waals surface area (Å²) in [6, 6.07) is 8.26. The van der Waals surface area contributed by atoms with Gasteiger partial charge in [0.1, 0.15) is 12.0 Å². The van der Waals surface area contributed by atoms with Crippen molar-refractivity contribution in [2.75, 3.05) is 19.1 Å². The van der Waals surface area contributed by atoms with Crippen LogP contribution < -0.4 is 14.9 Å². The van der Waals surface area contributed by atoms with E-state index >= 15 is 0 Å². The molecular formula is C15H16N4O4. The average molecular weight is 316 g/mol. The SMILES string of the molecule is CCOc1ccc(/C=N/Nc2ccc([N+](=O)[O-])cn2)cc1OC. The number of aromatic nitrogens is 1. The molecule has 0 bridgehead atoms. The van der Waals surface area contributed by atoms with E-state index < -0.39 is 4.92 Å². The Kier molecular flexibility index (Phi) is 5.45. The van der Waals surface area contributed by atoms with Gasteiger partial charge in [0.15, 0.2) is 11.5 Å². The zero-order valence-electron chi connectivity index (χ0n) is 12.7. The van der Waals surface area contributed by atoms with E-state index in [0.717, 1.165) is 11.8 Å². The maximum Gasteiger partial charge on any atom is 0.287 e. The Morgan fingerprint density at radius 2 is 2.17 bits per heavy atom. The number of nitrogens with one attached hydrogen (secondary N) is 1. The lowest BCUT2D eigenvalue weighted by atomic mass is 10.2. The minimum Gasteiger partial charge on any atom is -0.493 e. The van der Waals surface area contributed by atoms with E-state index in [2.05, 4.69) is 15.5 Å². The molecule has 2 aromatic rings. The average Bonchev–Trinajstić information content (AvgIpc) is 2.56. The summed E-state index contributed by atoms with van der Waals surface area (Å²) in [5, 5.41) is 14.6. The van der Waals surface area contributed by atoms with Crippen molar-refractivity contribution in [1.29, 1.82) is 0 Å². The number of rotatable bonds is 7. The maximum absolute atomic E-state index is 10.5. The molecule has 0 radical (unpaired) electrons. The molecule has 0 spiro atoms. The normalized spacial score (nSPS) is 10.5. The molecule has 1 N–H and O–H groups in total. The zero-order valence-corrected chi connectivity index (χ0v) is 12.7. The number of pyridine rings is 1. The standard InChI is InChI=1S/C15H16N4O4/c1-3-23-13-6-4-11(8-14(13)22-2)9-17-18-15-7-5-12(10-16-15)19(20)21/h4-10H,3H2,1-2H3,(H,16,18)/b17-9+. The van der Waals surface area contributed by atoms with Gasteiger partial charge in [-0.05, 0) is 36.8 Å². The first kappa shape index (κ1) is 16.2. The number of nitro groups is 1. The van der Waals surface area contributed by atoms with Gasteiger partial charge in [0.25, 0.3) is 5.69 Å². The van der Waals surface area contributed by atoms with Crippen LogP contribution in [0.2, 0.25) is 0 Å². The van der Waals surface area contributed by atoms with Crippen molar-refractivity contribution >= 4 is 17.7 Å². The van der Waals surface area contributed by atoms with Crippen LogP contribution in [0.1, 0.15) is 12.5 Å². The number of benzene rings is 1. The number of nitrogens with zero attached hydrogens (tertiary/aromatic N) is 3. The van der Waals surface area contributed by atoms with Gasteiger partial charge in [-0.2, -0.15) is 5.10 Å². The largest absolute Gasteiger partial charge is 0.493 e. The Morgan fingerprint density at radius 1 is 1.35 bits per heavy atom. The molecule has 23 heavy (non-hydrogen) atoms. The monoisotopic (exact) mass is 316 g/mol. The molecule has 1 heterocycles. The fourth-order valence-corrected chi connectivity index (χ4v) is 1.77. The van der Waals surface area contributed by atoms with Crippen molar-refractivity contribution in [2.24, 2.45) is 5.10 Å². The van der Waals surface area contributed by atoms with Crippen LogP contribution in [0.3, 0.4) is 0 Å². The molecule has 0 atom stereocenters. The number of hydrogen-bond donors (Lipinski definition) is 1. The van der Waals surface area contributed by atoms with Gasteiger partial charge in [-0.15, -0.1) is 0 Å². The summed E-state index contributed by atoms with van der Waals surface area (Å²) in [5.74, 6) is 1.69. The van der Waals surface area contributed by atoms with Crippen molar-refractivity contribution in [1.82, 2.24) is 4.98 Å². The van der Waals surface area contributed by atoms with Crippen molar-refractivity contribution in [3.8, 4) is 11.5 Å². The smallest absolute Gasteiger partial charge is 0.287 e. The number of hydrazone groups is 1. The Morgan fingerprint density at radius 3 is 2.78 bits per heavy atom. The quantitative estimate of drug-likeness (QED) is 0.479. The van der Waals surface area contributed by atoms with Crippen LogP contribution >= 0.6 is 0 Å². The van der Waals surface area contributed by atoms with Crippen molar-refractivity contribution in [3.63, 3.8) is 0 Å². The summed E-state index contributed by atoms with van der Waals surface area (Å²) in [6.07, 6.45) is 2.75. The van der Waals surface area contributed by atoms with Crippen LogP contribution in [0, 0.1) is 10.1 Å². The van der Waals surface area contributed by atoms with Crippen LogP contribution in [0.15, 0.2) is 41.6 Å². The fourth-order valence-electron chi connectivity index (χ4n) is 1.77. The highest BCUT2D eigenvalue weighted by Crippen LogP contribution is 2.27. The molecule has 120 valence electrons. The lowest BCUT2D eigenvalue weighted by Gasteiger charge is -2.09. The van der Waals surface area contributed by atoms with E-state index in [9.17, 15) is 10.1 Å². The highest BCUT2D eigenvalue weighted by atomic mass is 16.6. The maximum atomic E-state index is 10.5. The molecule has 0 fully saturated rings. The van der Waals surface area contributed by atoms with Crippen molar-refractivity contribution in [2.45, 2.75) is 6.92 Å². The van der Waals surface area contributed by atoms with Gasteiger partial charge >= 0.3 is 0 Å².